The van der Waals surface area contributed by atoms with Crippen molar-refractivity contribution in [2.75, 3.05) is 0 Å². The number of fused-ring (bicyclic) bond motifs is 1. The van der Waals surface area contributed by atoms with Gasteiger partial charge >= 0.3 is 0 Å². The van der Waals surface area contributed by atoms with Crippen molar-refractivity contribution >= 4 is 48.8 Å². The predicted molar refractivity (Wildman–Crippen MR) is 89.5 cm³/mol. The van der Waals surface area contributed by atoms with E-state index >= 15 is 0 Å². The van der Waals surface area contributed by atoms with E-state index in [-0.39, 0.29) is 63.4 Å². The maximum Gasteiger partial charge on any atom is 0.0217 e. The minimum atomic E-state index is 0. The second-order valence-electron chi connectivity index (χ2n) is 4.01. The van der Waals surface area contributed by atoms with Gasteiger partial charge in [0.2, 0.25) is 0 Å². The van der Waals surface area contributed by atoms with E-state index in [1.54, 1.807) is 0 Å². The van der Waals surface area contributed by atoms with Gasteiger partial charge in [-0.05, 0) is 12.6 Å². The molecule has 1 aliphatic heterocycles. The molecular formula is C14H14Cl4NZr-. The zero-order chi connectivity index (χ0) is 11.1. The van der Waals surface area contributed by atoms with E-state index in [1.807, 2.05) is 24.3 Å². The SMILES string of the molecule is Cc1cc2c[c-](Cl)n(-c3ccccc3)c-2c1.Cl.Cl.Cl.[Zr]. The van der Waals surface area contributed by atoms with E-state index in [4.69, 9.17) is 11.6 Å². The molecule has 0 N–H and O–H groups in total. The Labute approximate surface area is 161 Å². The molecule has 1 aliphatic carbocycles. The van der Waals surface area contributed by atoms with Crippen molar-refractivity contribution in [1.82, 2.24) is 4.57 Å². The van der Waals surface area contributed by atoms with E-state index in [0.29, 0.717) is 0 Å². The molecule has 0 spiro atoms. The maximum atomic E-state index is 6.26. The normalized spacial score (nSPS) is 8.90. The summed E-state index contributed by atoms with van der Waals surface area (Å²) in [5, 5.41) is 0.760. The summed E-state index contributed by atoms with van der Waals surface area (Å²) in [6, 6.07) is 16.5. The number of hydrogen-bond acceptors (Lipinski definition) is 0. The Bertz CT molecular complexity index is 603. The predicted octanol–water partition coefficient (Wildman–Crippen LogP) is 5.53. The van der Waals surface area contributed by atoms with Gasteiger partial charge in [0.1, 0.15) is 0 Å². The molecule has 20 heavy (non-hydrogen) atoms. The van der Waals surface area contributed by atoms with E-state index in [9.17, 15) is 0 Å². The number of nitrogens with zero attached hydrogens (tertiary/aromatic N) is 1. The fraction of sp³-hybridized carbons (Fsp3) is 0.0714. The van der Waals surface area contributed by atoms with Crippen LogP contribution < -0.4 is 0 Å². The summed E-state index contributed by atoms with van der Waals surface area (Å²) in [5.41, 5.74) is 4.75. The van der Waals surface area contributed by atoms with Gasteiger partial charge in [-0.3, -0.25) is 0 Å². The molecular weight excluding hydrogens is 415 g/mol. The molecule has 2 aliphatic rings. The number of halogens is 4. The fourth-order valence-electron chi connectivity index (χ4n) is 2.12. The van der Waals surface area contributed by atoms with Gasteiger partial charge in [-0.15, -0.1) is 66.5 Å². The van der Waals surface area contributed by atoms with Gasteiger partial charge in [-0.1, -0.05) is 47.7 Å². The van der Waals surface area contributed by atoms with Crippen molar-refractivity contribution in [3.63, 3.8) is 0 Å². The van der Waals surface area contributed by atoms with Crippen molar-refractivity contribution in [3.05, 3.63) is 59.2 Å². The zero-order valence-electron chi connectivity index (χ0n) is 10.7. The summed E-state index contributed by atoms with van der Waals surface area (Å²) in [4.78, 5) is 0. The van der Waals surface area contributed by atoms with Crippen molar-refractivity contribution in [2.24, 2.45) is 0 Å². The summed E-state index contributed by atoms with van der Waals surface area (Å²) in [6.45, 7) is 2.10. The van der Waals surface area contributed by atoms with Gasteiger partial charge in [0.25, 0.3) is 0 Å². The molecule has 1 nitrogen and oxygen atoms in total. The van der Waals surface area contributed by atoms with Crippen LogP contribution in [0.2, 0.25) is 5.15 Å². The maximum absolute atomic E-state index is 6.26. The fourth-order valence-corrected chi connectivity index (χ4v) is 2.42. The molecule has 0 amide bonds. The standard InChI is InChI=1S/C14H11ClN.3ClH.Zr/c1-10-7-11-9-14(15)16(13(11)8-10)12-5-3-2-4-6-12;;;;/h2-9H,1H3;3*1H;/q-1;;;;. The van der Waals surface area contributed by atoms with Crippen LogP contribution in [0.3, 0.4) is 0 Å². The Hall–Kier alpha value is 0.153. The molecule has 0 bridgehead atoms. The van der Waals surface area contributed by atoms with E-state index < -0.39 is 0 Å². The smallest absolute Gasteiger partial charge is 0.0217 e. The van der Waals surface area contributed by atoms with E-state index in [0.717, 1.165) is 10.8 Å². The van der Waals surface area contributed by atoms with Gasteiger partial charge in [0, 0.05) is 31.4 Å². The monoisotopic (exact) mass is 426 g/mol. The number of hydrogen-bond donors (Lipinski definition) is 0. The summed E-state index contributed by atoms with van der Waals surface area (Å²) in [6.07, 6.45) is 0. The van der Waals surface area contributed by atoms with Crippen molar-refractivity contribution in [2.45, 2.75) is 6.92 Å². The minimum Gasteiger partial charge on any atom is -0.428 e. The molecule has 0 unspecified atom stereocenters. The van der Waals surface area contributed by atoms with Crippen LogP contribution in [0.15, 0.2) is 48.5 Å². The van der Waals surface area contributed by atoms with Crippen LogP contribution in [0.4, 0.5) is 0 Å². The first-order chi connectivity index (χ1) is 7.75. The second kappa shape index (κ2) is 9.23. The molecule has 0 radical (unpaired) electrons. The third-order valence-electron chi connectivity index (χ3n) is 2.79. The van der Waals surface area contributed by atoms with Crippen molar-refractivity contribution < 1.29 is 26.2 Å². The molecule has 0 fully saturated rings. The van der Waals surface area contributed by atoms with Crippen LogP contribution >= 0.6 is 48.8 Å². The van der Waals surface area contributed by atoms with Gasteiger partial charge in [-0.25, -0.2) is 0 Å². The molecule has 6 heteroatoms. The first-order valence-corrected chi connectivity index (χ1v) is 5.63. The Balaban J connectivity index is 0. The second-order valence-corrected chi connectivity index (χ2v) is 4.40. The third-order valence-corrected chi connectivity index (χ3v) is 3.06. The Morgan fingerprint density at radius 3 is 2.20 bits per heavy atom. The molecule has 0 atom stereocenters. The van der Waals surface area contributed by atoms with Crippen LogP contribution in [0.25, 0.3) is 16.9 Å². The largest absolute Gasteiger partial charge is 0.428 e. The summed E-state index contributed by atoms with van der Waals surface area (Å²) >= 11 is 6.26. The summed E-state index contributed by atoms with van der Waals surface area (Å²) in [5.74, 6) is 0. The zero-order valence-corrected chi connectivity index (χ0v) is 16.3. The molecule has 1 aromatic carbocycles. The molecule has 108 valence electrons. The van der Waals surface area contributed by atoms with Gasteiger partial charge in [-0.2, -0.15) is 0 Å². The number of aryl methyl sites for hydroxylation is 1. The first-order valence-electron chi connectivity index (χ1n) is 5.25. The van der Waals surface area contributed by atoms with Crippen molar-refractivity contribution in [1.29, 1.82) is 0 Å². The quantitative estimate of drug-likeness (QED) is 0.449. The van der Waals surface area contributed by atoms with Crippen LogP contribution in [-0.4, -0.2) is 4.57 Å². The molecule has 0 saturated carbocycles. The number of para-hydroxylation sites is 1. The summed E-state index contributed by atoms with van der Waals surface area (Å²) < 4.78 is 2.07. The first kappa shape index (κ1) is 22.4. The molecule has 3 rings (SSSR count). The molecule has 0 saturated heterocycles. The average molecular weight is 429 g/mol. The van der Waals surface area contributed by atoms with E-state index in [2.05, 4.69) is 35.8 Å². The summed E-state index contributed by atoms with van der Waals surface area (Å²) in [7, 11) is 0. The van der Waals surface area contributed by atoms with Crippen LogP contribution in [-0.2, 0) is 26.2 Å². The molecule has 0 aromatic heterocycles. The minimum absolute atomic E-state index is 0. The van der Waals surface area contributed by atoms with Gasteiger partial charge in [0.05, 0.1) is 0 Å². The number of rotatable bonds is 1. The van der Waals surface area contributed by atoms with Crippen LogP contribution in [0, 0.1) is 6.92 Å². The molecule has 1 heterocycles. The Kier molecular flexibility index (Phi) is 10.4. The number of benzene rings is 1. The third kappa shape index (κ3) is 4.09. The topological polar surface area (TPSA) is 4.93 Å². The van der Waals surface area contributed by atoms with E-state index in [1.165, 1.54) is 16.8 Å². The van der Waals surface area contributed by atoms with Crippen LogP contribution in [0.5, 0.6) is 0 Å². The Morgan fingerprint density at radius 2 is 1.60 bits per heavy atom. The molecule has 1 aromatic rings. The van der Waals surface area contributed by atoms with Gasteiger partial charge < -0.3 is 4.57 Å². The number of aromatic nitrogens is 1. The van der Waals surface area contributed by atoms with Gasteiger partial charge in [0.15, 0.2) is 0 Å². The van der Waals surface area contributed by atoms with Crippen molar-refractivity contribution in [3.8, 4) is 16.9 Å². The van der Waals surface area contributed by atoms with Crippen LogP contribution in [0.1, 0.15) is 5.56 Å². The Morgan fingerprint density at radius 1 is 1.00 bits per heavy atom. The average Bonchev–Trinajstić information content (AvgIpc) is 2.74.